The van der Waals surface area contributed by atoms with E-state index in [0.29, 0.717) is 31.0 Å². The van der Waals surface area contributed by atoms with Crippen molar-refractivity contribution in [2.45, 2.75) is 32.8 Å². The molecule has 0 unspecified atom stereocenters. The van der Waals surface area contributed by atoms with Gasteiger partial charge in [-0.25, -0.2) is 14.8 Å². The summed E-state index contributed by atoms with van der Waals surface area (Å²) in [6, 6.07) is 3.74. The SMILES string of the molecule is COc1cc2ncnc(C3=CCN(C(=O)OC(C)(C)C)CC3)c2cc1OC. The number of carbonyl (C=O) groups is 1. The number of rotatable bonds is 3. The fraction of sp³-hybridized carbons (Fsp3) is 0.450. The fourth-order valence-corrected chi connectivity index (χ4v) is 3.02. The van der Waals surface area contributed by atoms with Gasteiger partial charge in [0.25, 0.3) is 0 Å². The number of fused-ring (bicyclic) bond motifs is 1. The van der Waals surface area contributed by atoms with Gasteiger partial charge in [-0.15, -0.1) is 0 Å². The van der Waals surface area contributed by atoms with Crippen molar-refractivity contribution in [3.05, 3.63) is 30.2 Å². The van der Waals surface area contributed by atoms with Crippen LogP contribution >= 0.6 is 0 Å². The van der Waals surface area contributed by atoms with E-state index in [2.05, 4.69) is 9.97 Å². The highest BCUT2D eigenvalue weighted by Gasteiger charge is 2.25. The third-order valence-electron chi connectivity index (χ3n) is 4.31. The molecule has 144 valence electrons. The summed E-state index contributed by atoms with van der Waals surface area (Å²) >= 11 is 0. The maximum Gasteiger partial charge on any atom is 0.410 e. The van der Waals surface area contributed by atoms with Crippen LogP contribution in [-0.4, -0.2) is 53.9 Å². The first-order valence-corrected chi connectivity index (χ1v) is 8.86. The van der Waals surface area contributed by atoms with Crippen molar-refractivity contribution in [3.8, 4) is 11.5 Å². The quantitative estimate of drug-likeness (QED) is 0.820. The predicted molar refractivity (Wildman–Crippen MR) is 103 cm³/mol. The second-order valence-electron chi connectivity index (χ2n) is 7.35. The lowest BCUT2D eigenvalue weighted by Crippen LogP contribution is -2.39. The number of carbonyl (C=O) groups excluding carboxylic acids is 1. The van der Waals surface area contributed by atoms with Gasteiger partial charge in [-0.1, -0.05) is 6.08 Å². The first kappa shape index (κ1) is 18.9. The van der Waals surface area contributed by atoms with E-state index in [0.717, 1.165) is 22.2 Å². The van der Waals surface area contributed by atoms with Crippen LogP contribution in [0.25, 0.3) is 16.5 Å². The summed E-state index contributed by atoms with van der Waals surface area (Å²) in [7, 11) is 3.20. The molecule has 0 saturated heterocycles. The van der Waals surface area contributed by atoms with Crippen molar-refractivity contribution in [3.63, 3.8) is 0 Å². The van der Waals surface area contributed by atoms with Crippen molar-refractivity contribution in [2.75, 3.05) is 27.3 Å². The molecule has 0 fully saturated rings. The Balaban J connectivity index is 1.89. The molecular formula is C20H25N3O4. The summed E-state index contributed by atoms with van der Waals surface area (Å²) in [5.74, 6) is 1.26. The highest BCUT2D eigenvalue weighted by Crippen LogP contribution is 2.35. The van der Waals surface area contributed by atoms with Crippen LogP contribution in [0.4, 0.5) is 4.79 Å². The molecule has 1 aromatic carbocycles. The van der Waals surface area contributed by atoms with E-state index in [4.69, 9.17) is 14.2 Å². The summed E-state index contributed by atoms with van der Waals surface area (Å²) in [5, 5.41) is 0.895. The number of hydrogen-bond donors (Lipinski definition) is 0. The first-order chi connectivity index (χ1) is 12.8. The van der Waals surface area contributed by atoms with Crippen LogP contribution in [0.1, 0.15) is 32.9 Å². The van der Waals surface area contributed by atoms with Crippen molar-refractivity contribution >= 4 is 22.6 Å². The van der Waals surface area contributed by atoms with E-state index in [9.17, 15) is 4.79 Å². The molecule has 7 heteroatoms. The normalized spacial score (nSPS) is 14.7. The summed E-state index contributed by atoms with van der Waals surface area (Å²) in [5.41, 5.74) is 2.21. The zero-order chi connectivity index (χ0) is 19.6. The summed E-state index contributed by atoms with van der Waals surface area (Å²) in [4.78, 5) is 22.8. The maximum atomic E-state index is 12.2. The highest BCUT2D eigenvalue weighted by atomic mass is 16.6. The molecule has 1 aromatic heterocycles. The van der Waals surface area contributed by atoms with Gasteiger partial charge in [-0.3, -0.25) is 0 Å². The molecule has 0 saturated carbocycles. The Morgan fingerprint density at radius 3 is 2.41 bits per heavy atom. The molecule has 0 spiro atoms. The van der Waals surface area contributed by atoms with E-state index in [-0.39, 0.29) is 6.09 Å². The fourth-order valence-electron chi connectivity index (χ4n) is 3.02. The summed E-state index contributed by atoms with van der Waals surface area (Å²) in [6.45, 7) is 6.67. The Morgan fingerprint density at radius 1 is 1.11 bits per heavy atom. The largest absolute Gasteiger partial charge is 0.493 e. The van der Waals surface area contributed by atoms with Crippen LogP contribution in [0.5, 0.6) is 11.5 Å². The Hall–Kier alpha value is -2.83. The van der Waals surface area contributed by atoms with E-state index in [1.54, 1.807) is 25.4 Å². The van der Waals surface area contributed by atoms with Crippen LogP contribution in [0, 0.1) is 0 Å². The van der Waals surface area contributed by atoms with E-state index in [1.165, 1.54) is 0 Å². The van der Waals surface area contributed by atoms with E-state index >= 15 is 0 Å². The van der Waals surface area contributed by atoms with Crippen molar-refractivity contribution in [1.29, 1.82) is 0 Å². The smallest absolute Gasteiger partial charge is 0.410 e. The molecule has 0 bridgehead atoms. The maximum absolute atomic E-state index is 12.2. The standard InChI is InChI=1S/C20H25N3O4/c1-20(2,3)27-19(24)23-8-6-13(7-9-23)18-14-10-16(25-4)17(26-5)11-15(14)21-12-22-18/h6,10-12H,7-9H2,1-5H3. The minimum atomic E-state index is -0.500. The molecule has 1 aliphatic rings. The van der Waals surface area contributed by atoms with Gasteiger partial charge in [0.15, 0.2) is 11.5 Å². The zero-order valence-corrected chi connectivity index (χ0v) is 16.4. The molecule has 1 amide bonds. The van der Waals surface area contributed by atoms with Crippen LogP contribution in [0.15, 0.2) is 24.5 Å². The topological polar surface area (TPSA) is 73.8 Å². The van der Waals surface area contributed by atoms with Crippen LogP contribution in [0.3, 0.4) is 0 Å². The van der Waals surface area contributed by atoms with Gasteiger partial charge in [0.1, 0.15) is 11.9 Å². The number of benzene rings is 1. The Labute approximate surface area is 158 Å². The van der Waals surface area contributed by atoms with Crippen molar-refractivity contribution in [1.82, 2.24) is 14.9 Å². The van der Waals surface area contributed by atoms with Gasteiger partial charge >= 0.3 is 6.09 Å². The Kier molecular flexibility index (Phi) is 5.21. The average molecular weight is 371 g/mol. The predicted octanol–water partition coefficient (Wildman–Crippen LogP) is 3.67. The Bertz CT molecular complexity index is 887. The second-order valence-corrected chi connectivity index (χ2v) is 7.35. The highest BCUT2D eigenvalue weighted by molar-refractivity contribution is 5.92. The van der Waals surface area contributed by atoms with Gasteiger partial charge in [-0.05, 0) is 38.8 Å². The van der Waals surface area contributed by atoms with Crippen LogP contribution in [-0.2, 0) is 4.74 Å². The van der Waals surface area contributed by atoms with Crippen molar-refractivity contribution < 1.29 is 19.0 Å². The minimum Gasteiger partial charge on any atom is -0.493 e. The molecule has 7 nitrogen and oxygen atoms in total. The molecule has 2 aromatic rings. The molecule has 1 aliphatic heterocycles. The van der Waals surface area contributed by atoms with Gasteiger partial charge in [0.2, 0.25) is 0 Å². The number of amides is 1. The van der Waals surface area contributed by atoms with E-state index < -0.39 is 5.60 Å². The number of ether oxygens (including phenoxy) is 3. The molecule has 0 aliphatic carbocycles. The molecule has 27 heavy (non-hydrogen) atoms. The van der Waals surface area contributed by atoms with Gasteiger partial charge in [0, 0.05) is 24.5 Å². The third kappa shape index (κ3) is 4.13. The monoisotopic (exact) mass is 371 g/mol. The average Bonchev–Trinajstić information content (AvgIpc) is 2.65. The third-order valence-corrected chi connectivity index (χ3v) is 4.31. The lowest BCUT2D eigenvalue weighted by Gasteiger charge is -2.29. The lowest BCUT2D eigenvalue weighted by molar-refractivity contribution is 0.0270. The zero-order valence-electron chi connectivity index (χ0n) is 16.4. The molecule has 0 atom stereocenters. The number of methoxy groups -OCH3 is 2. The minimum absolute atomic E-state index is 0.295. The molecule has 3 rings (SSSR count). The van der Waals surface area contributed by atoms with Crippen LogP contribution in [0.2, 0.25) is 0 Å². The molecule has 0 radical (unpaired) electrons. The van der Waals surface area contributed by atoms with Crippen LogP contribution < -0.4 is 9.47 Å². The number of hydrogen-bond acceptors (Lipinski definition) is 6. The Morgan fingerprint density at radius 2 is 1.81 bits per heavy atom. The lowest BCUT2D eigenvalue weighted by atomic mass is 10.0. The number of aromatic nitrogens is 2. The summed E-state index contributed by atoms with van der Waals surface area (Å²) in [6.07, 6.45) is 3.97. The van der Waals surface area contributed by atoms with Gasteiger partial charge in [-0.2, -0.15) is 0 Å². The second kappa shape index (κ2) is 7.42. The van der Waals surface area contributed by atoms with Gasteiger partial charge < -0.3 is 19.1 Å². The molecule has 0 N–H and O–H groups in total. The first-order valence-electron chi connectivity index (χ1n) is 8.86. The van der Waals surface area contributed by atoms with Crippen molar-refractivity contribution in [2.24, 2.45) is 0 Å². The van der Waals surface area contributed by atoms with Gasteiger partial charge in [0.05, 0.1) is 25.4 Å². The summed E-state index contributed by atoms with van der Waals surface area (Å²) < 4.78 is 16.2. The van der Waals surface area contributed by atoms with E-state index in [1.807, 2.05) is 39.0 Å². The number of nitrogens with zero attached hydrogens (tertiary/aromatic N) is 3. The molecule has 2 heterocycles. The molecular weight excluding hydrogens is 346 g/mol.